The fourth-order valence-electron chi connectivity index (χ4n) is 3.45. The third-order valence-electron chi connectivity index (χ3n) is 5.17. The molecule has 0 spiro atoms. The van der Waals surface area contributed by atoms with Gasteiger partial charge in [-0.15, -0.1) is 22.7 Å². The van der Waals surface area contributed by atoms with Crippen LogP contribution in [-0.2, 0) is 14.8 Å². The van der Waals surface area contributed by atoms with Crippen LogP contribution in [-0.4, -0.2) is 36.7 Å². The summed E-state index contributed by atoms with van der Waals surface area (Å²) >= 11 is 4.46. The molecule has 1 saturated heterocycles. The maximum Gasteiger partial charge on any atom is 0.252 e. The van der Waals surface area contributed by atoms with Crippen molar-refractivity contribution in [3.05, 3.63) is 52.3 Å². The average Bonchev–Trinajstić information content (AvgIpc) is 3.42. The summed E-state index contributed by atoms with van der Waals surface area (Å²) in [4.78, 5) is 18.3. The van der Waals surface area contributed by atoms with E-state index in [0.29, 0.717) is 30.1 Å². The second kappa shape index (κ2) is 9.41. The Labute approximate surface area is 194 Å². The number of hydrogen-bond acceptors (Lipinski definition) is 7. The zero-order valence-electron chi connectivity index (χ0n) is 17.2. The molecule has 1 aliphatic heterocycles. The van der Waals surface area contributed by atoms with E-state index in [1.165, 1.54) is 15.6 Å². The number of nitrogens with zero attached hydrogens (tertiary/aromatic N) is 2. The molecular formula is C21H23N3O3S4. The van der Waals surface area contributed by atoms with Gasteiger partial charge < -0.3 is 5.32 Å². The van der Waals surface area contributed by atoms with E-state index in [4.69, 9.17) is 0 Å². The van der Waals surface area contributed by atoms with Gasteiger partial charge in [0.25, 0.3) is 10.0 Å². The zero-order chi connectivity index (χ0) is 22.0. The molecule has 1 aromatic carbocycles. The maximum atomic E-state index is 12.8. The fourth-order valence-corrected chi connectivity index (χ4v) is 7.97. The molecule has 4 rings (SSSR count). The van der Waals surface area contributed by atoms with Crippen molar-refractivity contribution in [2.75, 3.05) is 18.4 Å². The number of rotatable bonds is 6. The Bertz CT molecular complexity index is 1160. The highest BCUT2D eigenvalue weighted by Gasteiger charge is 2.32. The number of carbonyl (C=O) groups is 1. The number of thiazole rings is 1. The number of aryl methyl sites for hydroxylation is 2. The molecule has 10 heteroatoms. The first kappa shape index (κ1) is 22.5. The van der Waals surface area contributed by atoms with Crippen LogP contribution in [0.5, 0.6) is 0 Å². The van der Waals surface area contributed by atoms with Crippen LogP contribution in [0.3, 0.4) is 0 Å². The molecule has 1 fully saturated rings. The normalized spacial score (nSPS) is 15.8. The van der Waals surface area contributed by atoms with Crippen LogP contribution in [0, 0.1) is 19.8 Å². The quantitative estimate of drug-likeness (QED) is 0.522. The molecule has 164 valence electrons. The number of anilines is 1. The first-order chi connectivity index (χ1) is 14.8. The summed E-state index contributed by atoms with van der Waals surface area (Å²) in [5, 5.41) is 6.82. The molecule has 0 saturated carbocycles. The van der Waals surface area contributed by atoms with Gasteiger partial charge in [-0.2, -0.15) is 4.31 Å². The minimum Gasteiger partial charge on any atom is -0.326 e. The third kappa shape index (κ3) is 5.20. The van der Waals surface area contributed by atoms with E-state index < -0.39 is 10.0 Å². The lowest BCUT2D eigenvalue weighted by atomic mass is 9.97. The number of benzene rings is 1. The lowest BCUT2D eigenvalue weighted by molar-refractivity contribution is -0.120. The van der Waals surface area contributed by atoms with Crippen molar-refractivity contribution in [2.24, 2.45) is 5.92 Å². The summed E-state index contributed by atoms with van der Waals surface area (Å²) in [6.07, 6.45) is 1.04. The Morgan fingerprint density at radius 2 is 1.97 bits per heavy atom. The molecule has 3 heterocycles. The average molecular weight is 494 g/mol. The van der Waals surface area contributed by atoms with Gasteiger partial charge in [-0.1, -0.05) is 17.8 Å². The molecule has 3 aromatic rings. The number of hydrogen-bond donors (Lipinski definition) is 1. The van der Waals surface area contributed by atoms with Gasteiger partial charge in [0.1, 0.15) is 4.21 Å². The molecule has 0 bridgehead atoms. The van der Waals surface area contributed by atoms with Gasteiger partial charge in [-0.25, -0.2) is 13.4 Å². The number of nitrogens with one attached hydrogen (secondary N) is 1. The highest BCUT2D eigenvalue weighted by molar-refractivity contribution is 8.01. The zero-order valence-corrected chi connectivity index (χ0v) is 20.5. The van der Waals surface area contributed by atoms with E-state index in [1.54, 1.807) is 40.6 Å². The van der Waals surface area contributed by atoms with Crippen LogP contribution in [0.15, 0.2) is 54.5 Å². The topological polar surface area (TPSA) is 79.4 Å². The van der Waals surface area contributed by atoms with Crippen LogP contribution in [0.2, 0.25) is 0 Å². The molecule has 1 amide bonds. The maximum absolute atomic E-state index is 12.8. The summed E-state index contributed by atoms with van der Waals surface area (Å²) in [5.74, 6) is -0.242. The number of sulfonamides is 1. The van der Waals surface area contributed by atoms with Gasteiger partial charge in [0, 0.05) is 40.7 Å². The van der Waals surface area contributed by atoms with Crippen molar-refractivity contribution in [2.45, 2.75) is 40.1 Å². The van der Waals surface area contributed by atoms with E-state index in [2.05, 4.69) is 10.3 Å². The summed E-state index contributed by atoms with van der Waals surface area (Å²) in [6.45, 7) is 4.68. The van der Waals surface area contributed by atoms with Gasteiger partial charge >= 0.3 is 0 Å². The van der Waals surface area contributed by atoms with Crippen molar-refractivity contribution in [3.63, 3.8) is 0 Å². The number of amides is 1. The number of carbonyl (C=O) groups excluding carboxylic acids is 1. The molecule has 0 atom stereocenters. The molecule has 1 N–H and O–H groups in total. The molecule has 2 aromatic heterocycles. The van der Waals surface area contributed by atoms with Crippen LogP contribution < -0.4 is 5.32 Å². The molecule has 0 aliphatic carbocycles. The second-order valence-corrected chi connectivity index (χ2v) is 12.7. The summed E-state index contributed by atoms with van der Waals surface area (Å²) in [7, 11) is -3.45. The van der Waals surface area contributed by atoms with Gasteiger partial charge in [0.15, 0.2) is 4.34 Å². The van der Waals surface area contributed by atoms with Crippen molar-refractivity contribution >= 4 is 56.1 Å². The standard InChI is InChI=1S/C21H23N3O3S4/c1-14-12-17(30-21-22-15(2)13-29-21)5-6-18(14)23-20(25)16-7-9-24(10-8-16)31(26,27)19-4-3-11-28-19/h3-6,11-13,16H,7-10H2,1-2H3,(H,23,25). The molecule has 1 aliphatic rings. The summed E-state index contributed by atoms with van der Waals surface area (Å²) in [5.41, 5.74) is 2.80. The predicted octanol–water partition coefficient (Wildman–Crippen LogP) is 5.01. The highest BCUT2D eigenvalue weighted by atomic mass is 32.2. The van der Waals surface area contributed by atoms with Gasteiger partial charge in [-0.3, -0.25) is 4.79 Å². The van der Waals surface area contributed by atoms with Crippen LogP contribution >= 0.6 is 34.4 Å². The van der Waals surface area contributed by atoms with E-state index in [-0.39, 0.29) is 11.8 Å². The van der Waals surface area contributed by atoms with Gasteiger partial charge in [0.2, 0.25) is 5.91 Å². The largest absolute Gasteiger partial charge is 0.326 e. The Morgan fingerprint density at radius 1 is 1.19 bits per heavy atom. The van der Waals surface area contributed by atoms with Crippen LogP contribution in [0.1, 0.15) is 24.1 Å². The van der Waals surface area contributed by atoms with Gasteiger partial charge in [0.05, 0.1) is 0 Å². The number of piperidine rings is 1. The van der Waals surface area contributed by atoms with Crippen molar-refractivity contribution < 1.29 is 13.2 Å². The van der Waals surface area contributed by atoms with E-state index in [1.807, 2.05) is 37.4 Å². The SMILES string of the molecule is Cc1csc(Sc2ccc(NC(=O)C3CCN(S(=O)(=O)c4cccs4)CC3)c(C)c2)n1. The lowest BCUT2D eigenvalue weighted by Crippen LogP contribution is -2.41. The van der Waals surface area contributed by atoms with Crippen LogP contribution in [0.4, 0.5) is 5.69 Å². The van der Waals surface area contributed by atoms with Crippen molar-refractivity contribution in [1.82, 2.24) is 9.29 Å². The van der Waals surface area contributed by atoms with Crippen molar-refractivity contribution in [1.29, 1.82) is 0 Å². The molecule has 0 unspecified atom stereocenters. The first-order valence-electron chi connectivity index (χ1n) is 9.88. The Morgan fingerprint density at radius 3 is 2.58 bits per heavy atom. The van der Waals surface area contributed by atoms with E-state index in [9.17, 15) is 13.2 Å². The second-order valence-electron chi connectivity index (χ2n) is 7.43. The Hall–Kier alpha value is -1.72. The fraction of sp³-hybridized carbons (Fsp3) is 0.333. The minimum absolute atomic E-state index is 0.0489. The van der Waals surface area contributed by atoms with Gasteiger partial charge in [-0.05, 0) is 61.9 Å². The molecule has 6 nitrogen and oxygen atoms in total. The minimum atomic E-state index is -3.45. The Balaban J connectivity index is 1.35. The first-order valence-corrected chi connectivity index (χ1v) is 13.9. The summed E-state index contributed by atoms with van der Waals surface area (Å²) < 4.78 is 28.2. The van der Waals surface area contributed by atoms with E-state index >= 15 is 0 Å². The number of thiophene rings is 1. The predicted molar refractivity (Wildman–Crippen MR) is 127 cm³/mol. The lowest BCUT2D eigenvalue weighted by Gasteiger charge is -2.30. The summed E-state index contributed by atoms with van der Waals surface area (Å²) in [6, 6.07) is 9.32. The Kier molecular flexibility index (Phi) is 6.83. The van der Waals surface area contributed by atoms with E-state index in [0.717, 1.165) is 26.2 Å². The smallest absolute Gasteiger partial charge is 0.252 e. The number of aromatic nitrogens is 1. The monoisotopic (exact) mass is 493 g/mol. The highest BCUT2D eigenvalue weighted by Crippen LogP contribution is 2.33. The molecule has 0 radical (unpaired) electrons. The third-order valence-corrected chi connectivity index (χ3v) is 10.5. The molecule has 31 heavy (non-hydrogen) atoms. The van der Waals surface area contributed by atoms with Crippen LogP contribution in [0.25, 0.3) is 0 Å². The van der Waals surface area contributed by atoms with Crippen molar-refractivity contribution in [3.8, 4) is 0 Å². The molecular weight excluding hydrogens is 471 g/mol.